The molecule has 108 valence electrons. The molecule has 0 spiro atoms. The molecule has 1 aromatic carbocycles. The molecule has 1 heterocycles. The van der Waals surface area contributed by atoms with E-state index < -0.39 is 17.5 Å². The largest absolute Gasteiger partial charge is 0.478 e. The lowest BCUT2D eigenvalue weighted by molar-refractivity contribution is 0.0695. The van der Waals surface area contributed by atoms with Crippen LogP contribution in [0.25, 0.3) is 5.69 Å². The third-order valence-electron chi connectivity index (χ3n) is 2.95. The summed E-state index contributed by atoms with van der Waals surface area (Å²) < 4.78 is 0.964. The topological polar surface area (TPSA) is 96.6 Å². The summed E-state index contributed by atoms with van der Waals surface area (Å²) in [6.45, 7) is 1.53. The second-order valence-electron chi connectivity index (χ2n) is 4.32. The Hall–Kier alpha value is -2.60. The SMILES string of the molecule is Cc1ccc(C(=O)O)c(-n2ccc(Cl)cc2=O)c1C(=O)O. The predicted octanol–water partition coefficient (Wildman–Crippen LogP) is 2.20. The summed E-state index contributed by atoms with van der Waals surface area (Å²) in [6.07, 6.45) is 1.25. The fourth-order valence-electron chi connectivity index (χ4n) is 2.02. The molecule has 0 saturated carbocycles. The molecule has 0 radical (unpaired) electrons. The van der Waals surface area contributed by atoms with Gasteiger partial charge in [-0.3, -0.25) is 9.36 Å². The molecule has 0 aliphatic heterocycles. The summed E-state index contributed by atoms with van der Waals surface area (Å²) in [6, 6.07) is 5.11. The zero-order valence-electron chi connectivity index (χ0n) is 10.8. The lowest BCUT2D eigenvalue weighted by Crippen LogP contribution is -2.22. The van der Waals surface area contributed by atoms with Gasteiger partial charge in [-0.1, -0.05) is 17.7 Å². The number of carboxylic acid groups (broad SMARTS) is 2. The minimum absolute atomic E-state index is 0.178. The molecule has 0 atom stereocenters. The van der Waals surface area contributed by atoms with Crippen LogP contribution in [0.5, 0.6) is 0 Å². The van der Waals surface area contributed by atoms with Crippen molar-refractivity contribution in [1.29, 1.82) is 0 Å². The van der Waals surface area contributed by atoms with Crippen molar-refractivity contribution in [3.8, 4) is 5.69 Å². The van der Waals surface area contributed by atoms with Crippen LogP contribution in [-0.2, 0) is 0 Å². The number of pyridine rings is 1. The standard InChI is InChI=1S/C14H10ClNO5/c1-7-2-3-9(13(18)19)12(11(7)14(20)21)16-5-4-8(15)6-10(16)17/h2-6H,1H3,(H,18,19)(H,20,21). The van der Waals surface area contributed by atoms with Crippen LogP contribution < -0.4 is 5.56 Å². The first kappa shape index (κ1) is 14.8. The maximum atomic E-state index is 12.0. The summed E-state index contributed by atoms with van der Waals surface area (Å²) in [5, 5.41) is 18.7. The number of aromatic nitrogens is 1. The van der Waals surface area contributed by atoms with Crippen molar-refractivity contribution in [2.75, 3.05) is 0 Å². The van der Waals surface area contributed by atoms with Crippen LogP contribution in [0.3, 0.4) is 0 Å². The Balaban J connectivity index is 2.94. The molecule has 21 heavy (non-hydrogen) atoms. The average Bonchev–Trinajstić information content (AvgIpc) is 2.37. The molecule has 6 nitrogen and oxygen atoms in total. The van der Waals surface area contributed by atoms with Gasteiger partial charge in [0.25, 0.3) is 5.56 Å². The highest BCUT2D eigenvalue weighted by atomic mass is 35.5. The summed E-state index contributed by atoms with van der Waals surface area (Å²) in [5.41, 5.74) is -0.958. The van der Waals surface area contributed by atoms with E-state index in [9.17, 15) is 24.6 Å². The monoisotopic (exact) mass is 307 g/mol. The quantitative estimate of drug-likeness (QED) is 0.906. The summed E-state index contributed by atoms with van der Waals surface area (Å²) in [5.74, 6) is -2.64. The highest BCUT2D eigenvalue weighted by Gasteiger charge is 2.22. The predicted molar refractivity (Wildman–Crippen MR) is 75.7 cm³/mol. The maximum absolute atomic E-state index is 12.0. The Morgan fingerprint density at radius 1 is 1.14 bits per heavy atom. The number of nitrogens with zero attached hydrogens (tertiary/aromatic N) is 1. The van der Waals surface area contributed by atoms with E-state index in [-0.39, 0.29) is 21.8 Å². The number of hydrogen-bond donors (Lipinski definition) is 2. The molecule has 0 aliphatic carbocycles. The number of rotatable bonds is 3. The van der Waals surface area contributed by atoms with Crippen LogP contribution in [-0.4, -0.2) is 26.7 Å². The number of halogens is 1. The molecule has 0 unspecified atom stereocenters. The van der Waals surface area contributed by atoms with Crippen LogP contribution in [0, 0.1) is 6.92 Å². The van der Waals surface area contributed by atoms with Crippen molar-refractivity contribution < 1.29 is 19.8 Å². The highest BCUT2D eigenvalue weighted by Crippen LogP contribution is 2.23. The van der Waals surface area contributed by atoms with Gasteiger partial charge in [-0.25, -0.2) is 9.59 Å². The molecular weight excluding hydrogens is 298 g/mol. The van der Waals surface area contributed by atoms with Gasteiger partial charge in [0.2, 0.25) is 0 Å². The Morgan fingerprint density at radius 3 is 2.33 bits per heavy atom. The van der Waals surface area contributed by atoms with Crippen LogP contribution in [0.2, 0.25) is 5.02 Å². The molecule has 7 heteroatoms. The molecule has 2 aromatic rings. The number of aromatic carboxylic acids is 2. The summed E-state index contributed by atoms with van der Waals surface area (Å²) >= 11 is 5.69. The van der Waals surface area contributed by atoms with Crippen molar-refractivity contribution in [3.63, 3.8) is 0 Å². The van der Waals surface area contributed by atoms with E-state index in [1.807, 2.05) is 0 Å². The third-order valence-corrected chi connectivity index (χ3v) is 3.19. The zero-order chi connectivity index (χ0) is 15.7. The van der Waals surface area contributed by atoms with Gasteiger partial charge >= 0.3 is 11.9 Å². The molecule has 0 fully saturated rings. The van der Waals surface area contributed by atoms with E-state index in [1.54, 1.807) is 0 Å². The van der Waals surface area contributed by atoms with E-state index in [1.165, 1.54) is 31.3 Å². The van der Waals surface area contributed by atoms with E-state index in [0.717, 1.165) is 10.6 Å². The third kappa shape index (κ3) is 2.66. The Bertz CT molecular complexity index is 809. The van der Waals surface area contributed by atoms with Gasteiger partial charge in [0.1, 0.15) is 0 Å². The van der Waals surface area contributed by atoms with Gasteiger partial charge in [-0.05, 0) is 24.6 Å². The van der Waals surface area contributed by atoms with Gasteiger partial charge < -0.3 is 10.2 Å². The number of carboxylic acids is 2. The Kier molecular flexibility index (Phi) is 3.82. The van der Waals surface area contributed by atoms with Crippen LogP contribution in [0.1, 0.15) is 26.3 Å². The lowest BCUT2D eigenvalue weighted by Gasteiger charge is -2.14. The first-order valence-corrected chi connectivity index (χ1v) is 6.19. The van der Waals surface area contributed by atoms with Gasteiger partial charge in [0, 0.05) is 17.3 Å². The summed E-state index contributed by atoms with van der Waals surface area (Å²) in [7, 11) is 0. The molecule has 0 saturated heterocycles. The zero-order valence-corrected chi connectivity index (χ0v) is 11.6. The average molecular weight is 308 g/mol. The van der Waals surface area contributed by atoms with E-state index in [4.69, 9.17) is 11.6 Å². The highest BCUT2D eigenvalue weighted by molar-refractivity contribution is 6.30. The fourth-order valence-corrected chi connectivity index (χ4v) is 2.17. The molecule has 0 aliphatic rings. The first-order valence-electron chi connectivity index (χ1n) is 5.81. The van der Waals surface area contributed by atoms with Crippen molar-refractivity contribution in [2.45, 2.75) is 6.92 Å². The first-order chi connectivity index (χ1) is 9.82. The lowest BCUT2D eigenvalue weighted by atomic mass is 10.0. The van der Waals surface area contributed by atoms with E-state index in [2.05, 4.69) is 0 Å². The minimum atomic E-state index is -1.32. The van der Waals surface area contributed by atoms with E-state index >= 15 is 0 Å². The van der Waals surface area contributed by atoms with Crippen molar-refractivity contribution in [1.82, 2.24) is 4.57 Å². The Labute approximate surface area is 123 Å². The summed E-state index contributed by atoms with van der Waals surface area (Å²) in [4.78, 5) is 34.8. The van der Waals surface area contributed by atoms with Gasteiger partial charge in [-0.2, -0.15) is 0 Å². The van der Waals surface area contributed by atoms with Gasteiger partial charge in [-0.15, -0.1) is 0 Å². The fraction of sp³-hybridized carbons (Fsp3) is 0.0714. The maximum Gasteiger partial charge on any atom is 0.338 e. The molecule has 2 N–H and O–H groups in total. The number of carbonyl (C=O) groups is 2. The molecular formula is C14H10ClNO5. The van der Waals surface area contributed by atoms with Crippen LogP contribution in [0.15, 0.2) is 35.3 Å². The Morgan fingerprint density at radius 2 is 1.81 bits per heavy atom. The minimum Gasteiger partial charge on any atom is -0.478 e. The molecule has 1 aromatic heterocycles. The molecule has 2 rings (SSSR count). The van der Waals surface area contributed by atoms with Gasteiger partial charge in [0.05, 0.1) is 16.8 Å². The second kappa shape index (κ2) is 5.41. The van der Waals surface area contributed by atoms with Crippen LogP contribution >= 0.6 is 11.6 Å². The van der Waals surface area contributed by atoms with Crippen LogP contribution in [0.4, 0.5) is 0 Å². The molecule has 0 bridgehead atoms. The smallest absolute Gasteiger partial charge is 0.338 e. The van der Waals surface area contributed by atoms with Gasteiger partial charge in [0.15, 0.2) is 0 Å². The van der Waals surface area contributed by atoms with Crippen molar-refractivity contribution in [2.24, 2.45) is 0 Å². The molecule has 0 amide bonds. The normalized spacial score (nSPS) is 10.4. The number of aryl methyl sites for hydroxylation is 1. The number of hydrogen-bond acceptors (Lipinski definition) is 3. The number of benzene rings is 1. The van der Waals surface area contributed by atoms with E-state index in [0.29, 0.717) is 5.56 Å². The van der Waals surface area contributed by atoms with Crippen molar-refractivity contribution in [3.05, 3.63) is 62.5 Å². The second-order valence-corrected chi connectivity index (χ2v) is 4.75. The van der Waals surface area contributed by atoms with Crippen molar-refractivity contribution >= 4 is 23.5 Å².